The Kier molecular flexibility index (Phi) is 9.35. The summed E-state index contributed by atoms with van der Waals surface area (Å²) in [5.74, 6) is -0.470. The summed E-state index contributed by atoms with van der Waals surface area (Å²) in [5.41, 5.74) is 2.97. The number of unbranched alkanes of at least 4 members (excludes halogenated alkanes) is 1. The number of ketones is 1. The Morgan fingerprint density at radius 1 is 0.765 bits per heavy atom. The molecule has 0 aliphatic carbocycles. The zero-order valence-corrected chi connectivity index (χ0v) is 19.4. The molecule has 3 aromatic rings. The zero-order valence-electron chi connectivity index (χ0n) is 19.4. The molecule has 0 saturated heterocycles. The highest BCUT2D eigenvalue weighted by Gasteiger charge is 2.19. The van der Waals surface area contributed by atoms with Crippen LogP contribution in [-0.2, 0) is 4.79 Å². The lowest BCUT2D eigenvalue weighted by molar-refractivity contribution is -0.119. The number of benzene rings is 3. The summed E-state index contributed by atoms with van der Waals surface area (Å²) in [4.78, 5) is 37.2. The largest absolute Gasteiger partial charge is 0.352 e. The van der Waals surface area contributed by atoms with Crippen molar-refractivity contribution < 1.29 is 14.4 Å². The molecule has 0 saturated carbocycles. The Hall–Kier alpha value is -3.99. The van der Waals surface area contributed by atoms with Gasteiger partial charge in [-0.1, -0.05) is 78.9 Å². The Bertz CT molecular complexity index is 1120. The number of amides is 2. The molecule has 0 bridgehead atoms. The second-order valence-electron chi connectivity index (χ2n) is 8.09. The highest BCUT2D eigenvalue weighted by atomic mass is 16.2. The molecule has 34 heavy (non-hydrogen) atoms. The Morgan fingerprint density at radius 3 is 2.12 bits per heavy atom. The van der Waals surface area contributed by atoms with E-state index in [2.05, 4.69) is 10.6 Å². The maximum atomic E-state index is 13.0. The van der Waals surface area contributed by atoms with Crippen molar-refractivity contribution in [3.05, 3.63) is 107 Å². The average Bonchev–Trinajstić information content (AvgIpc) is 2.87. The lowest BCUT2D eigenvalue weighted by Crippen LogP contribution is -2.40. The molecule has 0 aliphatic heterocycles. The van der Waals surface area contributed by atoms with Gasteiger partial charge in [-0.25, -0.2) is 0 Å². The van der Waals surface area contributed by atoms with Gasteiger partial charge in [0.2, 0.25) is 0 Å². The molecule has 1 atom stereocenters. The van der Waals surface area contributed by atoms with Crippen LogP contribution in [0.1, 0.15) is 58.0 Å². The third kappa shape index (κ3) is 7.55. The van der Waals surface area contributed by atoms with Gasteiger partial charge >= 0.3 is 0 Å². The van der Waals surface area contributed by atoms with Gasteiger partial charge in [-0.2, -0.15) is 0 Å². The number of hydrogen-bond acceptors (Lipinski definition) is 3. The number of carbonyl (C=O) groups excluding carboxylic acids is 3. The van der Waals surface area contributed by atoms with Crippen molar-refractivity contribution in [2.45, 2.75) is 32.2 Å². The molecule has 2 amide bonds. The third-order valence-electron chi connectivity index (χ3n) is 5.50. The summed E-state index contributed by atoms with van der Waals surface area (Å²) in [7, 11) is 0. The van der Waals surface area contributed by atoms with Crippen LogP contribution in [-0.4, -0.2) is 30.2 Å². The van der Waals surface area contributed by atoms with Crippen LogP contribution in [0.3, 0.4) is 0 Å². The molecular formula is C29H30N2O3. The summed E-state index contributed by atoms with van der Waals surface area (Å²) in [6, 6.07) is 25.7. The van der Waals surface area contributed by atoms with E-state index in [9.17, 15) is 14.4 Å². The van der Waals surface area contributed by atoms with Crippen LogP contribution in [0.5, 0.6) is 0 Å². The van der Waals surface area contributed by atoms with Crippen molar-refractivity contribution in [3.63, 3.8) is 0 Å². The fourth-order valence-electron chi connectivity index (χ4n) is 3.58. The molecule has 0 heterocycles. The topological polar surface area (TPSA) is 75.3 Å². The molecule has 174 valence electrons. The fraction of sp³-hybridized carbons (Fsp3) is 0.207. The minimum Gasteiger partial charge on any atom is -0.352 e. The number of nitrogens with one attached hydrogen (secondary N) is 2. The van der Waals surface area contributed by atoms with Crippen LogP contribution in [0.25, 0.3) is 12.2 Å². The van der Waals surface area contributed by atoms with E-state index in [0.29, 0.717) is 36.9 Å². The van der Waals surface area contributed by atoms with E-state index < -0.39 is 6.04 Å². The van der Waals surface area contributed by atoms with Gasteiger partial charge in [0.15, 0.2) is 5.78 Å². The van der Waals surface area contributed by atoms with E-state index in [1.807, 2.05) is 78.9 Å². The summed E-state index contributed by atoms with van der Waals surface area (Å²) >= 11 is 0. The first-order valence-electron chi connectivity index (χ1n) is 11.5. The predicted octanol–water partition coefficient (Wildman–Crippen LogP) is 5.14. The number of Topliss-reactive ketones (excluding diaryl/α,β-unsaturated/α-hetero) is 1. The molecule has 0 aliphatic rings. The molecule has 5 heteroatoms. The monoisotopic (exact) mass is 454 g/mol. The Balaban J connectivity index is 1.52. The number of carbonyl (C=O) groups is 3. The van der Waals surface area contributed by atoms with Crippen molar-refractivity contribution in [2.24, 2.45) is 0 Å². The van der Waals surface area contributed by atoms with Crippen molar-refractivity contribution >= 4 is 29.7 Å². The van der Waals surface area contributed by atoms with Crippen LogP contribution in [0.4, 0.5) is 0 Å². The molecule has 2 N–H and O–H groups in total. The molecular weight excluding hydrogens is 424 g/mol. The SMILES string of the molecule is CC(=O)C(CCCCNC(=O)c1ccccc1)NC(=O)c1ccccc1/C=C/c1ccccc1. The second kappa shape index (κ2) is 12.9. The molecule has 3 rings (SSSR count). The van der Waals surface area contributed by atoms with E-state index in [0.717, 1.165) is 11.1 Å². The lowest BCUT2D eigenvalue weighted by Gasteiger charge is -2.17. The maximum Gasteiger partial charge on any atom is 0.252 e. The van der Waals surface area contributed by atoms with Gasteiger partial charge in [0, 0.05) is 17.7 Å². The summed E-state index contributed by atoms with van der Waals surface area (Å²) in [6.07, 6.45) is 5.80. The van der Waals surface area contributed by atoms with Crippen LogP contribution in [0, 0.1) is 0 Å². The van der Waals surface area contributed by atoms with Crippen molar-refractivity contribution in [1.82, 2.24) is 10.6 Å². The Morgan fingerprint density at radius 2 is 1.41 bits per heavy atom. The van der Waals surface area contributed by atoms with Crippen molar-refractivity contribution in [1.29, 1.82) is 0 Å². The van der Waals surface area contributed by atoms with E-state index in [4.69, 9.17) is 0 Å². The predicted molar refractivity (Wildman–Crippen MR) is 136 cm³/mol. The highest BCUT2D eigenvalue weighted by Crippen LogP contribution is 2.14. The molecule has 0 spiro atoms. The lowest BCUT2D eigenvalue weighted by atomic mass is 10.0. The van der Waals surface area contributed by atoms with Crippen LogP contribution in [0.15, 0.2) is 84.9 Å². The van der Waals surface area contributed by atoms with Gasteiger partial charge in [0.05, 0.1) is 6.04 Å². The first kappa shape index (κ1) is 24.6. The van der Waals surface area contributed by atoms with Crippen molar-refractivity contribution in [2.75, 3.05) is 6.54 Å². The molecule has 0 aromatic heterocycles. The summed E-state index contributed by atoms with van der Waals surface area (Å²) < 4.78 is 0. The number of hydrogen-bond donors (Lipinski definition) is 2. The maximum absolute atomic E-state index is 13.0. The Labute approximate surface area is 200 Å². The van der Waals surface area contributed by atoms with E-state index in [1.54, 1.807) is 18.2 Å². The summed E-state index contributed by atoms with van der Waals surface area (Å²) in [5, 5.41) is 5.77. The minimum absolute atomic E-state index is 0.0843. The smallest absolute Gasteiger partial charge is 0.252 e. The fourth-order valence-corrected chi connectivity index (χ4v) is 3.58. The van der Waals surface area contributed by atoms with E-state index in [-0.39, 0.29) is 17.6 Å². The summed E-state index contributed by atoms with van der Waals surface area (Å²) in [6.45, 7) is 2.00. The van der Waals surface area contributed by atoms with Gasteiger partial charge in [0.25, 0.3) is 11.8 Å². The normalized spacial score (nSPS) is 11.7. The standard InChI is InChI=1S/C29H30N2O3/c1-22(32)27(18-10-11-21-30-28(33)25-15-6-3-7-16-25)31-29(34)26-17-9-8-14-24(26)20-19-23-12-4-2-5-13-23/h2-9,12-17,19-20,27H,10-11,18,21H2,1H3,(H,30,33)(H,31,34)/b20-19+. The first-order valence-corrected chi connectivity index (χ1v) is 11.5. The molecule has 1 unspecified atom stereocenters. The highest BCUT2D eigenvalue weighted by molar-refractivity contribution is 6.01. The van der Waals surface area contributed by atoms with Gasteiger partial charge in [-0.3, -0.25) is 14.4 Å². The van der Waals surface area contributed by atoms with Gasteiger partial charge in [-0.15, -0.1) is 0 Å². The third-order valence-corrected chi connectivity index (χ3v) is 5.50. The van der Waals surface area contributed by atoms with E-state index in [1.165, 1.54) is 6.92 Å². The zero-order chi connectivity index (χ0) is 24.2. The van der Waals surface area contributed by atoms with E-state index >= 15 is 0 Å². The van der Waals surface area contributed by atoms with Crippen molar-refractivity contribution in [3.8, 4) is 0 Å². The molecule has 0 fully saturated rings. The van der Waals surface area contributed by atoms with Crippen LogP contribution in [0.2, 0.25) is 0 Å². The van der Waals surface area contributed by atoms with Gasteiger partial charge in [-0.05, 0) is 55.5 Å². The first-order chi connectivity index (χ1) is 16.5. The second-order valence-corrected chi connectivity index (χ2v) is 8.09. The minimum atomic E-state index is -0.566. The van der Waals surface area contributed by atoms with Gasteiger partial charge in [0.1, 0.15) is 0 Å². The van der Waals surface area contributed by atoms with Crippen LogP contribution < -0.4 is 10.6 Å². The van der Waals surface area contributed by atoms with Crippen LogP contribution >= 0.6 is 0 Å². The number of rotatable bonds is 11. The average molecular weight is 455 g/mol. The molecule has 5 nitrogen and oxygen atoms in total. The molecule has 3 aromatic carbocycles. The van der Waals surface area contributed by atoms with Gasteiger partial charge < -0.3 is 10.6 Å². The molecule has 0 radical (unpaired) electrons. The quantitative estimate of drug-likeness (QED) is 0.311.